The number of hydrogen-bond donors (Lipinski definition) is 7. The van der Waals surface area contributed by atoms with Crippen molar-refractivity contribution in [3.05, 3.63) is 0 Å². The average molecular weight is 1080 g/mol. The molecular formula is C61H118O14. The van der Waals surface area contributed by atoms with E-state index in [0.29, 0.717) is 6.61 Å². The molecule has 0 aromatic carbocycles. The van der Waals surface area contributed by atoms with Crippen LogP contribution in [0.4, 0.5) is 0 Å². The van der Waals surface area contributed by atoms with Gasteiger partial charge in [0.15, 0.2) is 12.6 Å². The molecular weight excluding hydrogens is 957 g/mol. The van der Waals surface area contributed by atoms with Crippen LogP contribution in [0.2, 0.25) is 0 Å². The smallest absolute Gasteiger partial charge is 0.306 e. The zero-order chi connectivity index (χ0) is 54.4. The van der Waals surface area contributed by atoms with Gasteiger partial charge < -0.3 is 64.2 Å². The van der Waals surface area contributed by atoms with Gasteiger partial charge in [-0.05, 0) is 12.8 Å². The molecule has 0 bridgehead atoms. The Balaban J connectivity index is 1.66. The van der Waals surface area contributed by atoms with Gasteiger partial charge in [0.05, 0.1) is 26.4 Å². The lowest BCUT2D eigenvalue weighted by Gasteiger charge is -2.42. The number of hydrogen-bond acceptors (Lipinski definition) is 14. The van der Waals surface area contributed by atoms with E-state index in [0.717, 1.165) is 44.9 Å². The number of carbonyl (C=O) groups is 1. The summed E-state index contributed by atoms with van der Waals surface area (Å²) in [5, 5.41) is 72.4. The van der Waals surface area contributed by atoms with Gasteiger partial charge >= 0.3 is 5.97 Å². The standard InChI is InChI=1S/C61H118O14/c1-3-5-7-9-11-13-15-17-19-21-23-24-25-26-27-28-30-32-34-36-38-40-42-44-53(63)73-50(47-70-45-43-41-39-37-35-33-31-29-22-20-18-16-14-12-10-8-6-4-2)48-71-60-59(69)57(67)55(65)52(75-60)49-72-61-58(68)56(66)54(64)51(46-62)74-61/h50-52,54-62,64-69H,3-49H2,1-2H3. The summed E-state index contributed by atoms with van der Waals surface area (Å²) < 4.78 is 34.5. The highest BCUT2D eigenvalue weighted by atomic mass is 16.7. The van der Waals surface area contributed by atoms with Crippen molar-refractivity contribution in [1.82, 2.24) is 0 Å². The van der Waals surface area contributed by atoms with Crippen LogP contribution in [-0.4, -0.2) is 142 Å². The summed E-state index contributed by atoms with van der Waals surface area (Å²) in [5.74, 6) is -0.366. The maximum absolute atomic E-state index is 13.1. The minimum absolute atomic E-state index is 0.0712. The van der Waals surface area contributed by atoms with Gasteiger partial charge in [0.2, 0.25) is 0 Å². The number of esters is 1. The molecule has 2 rings (SSSR count). The van der Waals surface area contributed by atoms with E-state index in [2.05, 4.69) is 13.8 Å². The number of carbonyl (C=O) groups excluding carboxylic acids is 1. The minimum Gasteiger partial charge on any atom is -0.457 e. The third-order valence-corrected chi connectivity index (χ3v) is 15.6. The number of ether oxygens (including phenoxy) is 6. The van der Waals surface area contributed by atoms with Gasteiger partial charge in [-0.15, -0.1) is 0 Å². The summed E-state index contributed by atoms with van der Waals surface area (Å²) in [6, 6.07) is 0. The molecule has 2 aliphatic rings. The van der Waals surface area contributed by atoms with Gasteiger partial charge in [-0.3, -0.25) is 4.79 Å². The van der Waals surface area contributed by atoms with Gasteiger partial charge in [0, 0.05) is 13.0 Å². The lowest BCUT2D eigenvalue weighted by atomic mass is 9.98. The SMILES string of the molecule is CCCCCCCCCCCCCCCCCCCCCCCCCC(=O)OC(COCCCCCCCCCCCCCCCCCCCC)COC1OC(COC2OC(CO)C(O)C(O)C2O)C(O)C(O)C1O. The third kappa shape index (κ3) is 35.4. The zero-order valence-electron chi connectivity index (χ0n) is 48.1. The predicted molar refractivity (Wildman–Crippen MR) is 298 cm³/mol. The first-order chi connectivity index (χ1) is 36.6. The molecule has 2 aliphatic heterocycles. The summed E-state index contributed by atoms with van der Waals surface area (Å²) in [5.41, 5.74) is 0. The maximum Gasteiger partial charge on any atom is 0.306 e. The van der Waals surface area contributed by atoms with Gasteiger partial charge in [0.25, 0.3) is 0 Å². The Morgan fingerprint density at radius 1 is 0.387 bits per heavy atom. The summed E-state index contributed by atoms with van der Waals surface area (Å²) in [4.78, 5) is 13.1. The van der Waals surface area contributed by atoms with Crippen molar-refractivity contribution >= 4 is 5.97 Å². The predicted octanol–water partition coefficient (Wildman–Crippen LogP) is 12.0. The van der Waals surface area contributed by atoms with Gasteiger partial charge in [-0.25, -0.2) is 0 Å². The Morgan fingerprint density at radius 2 is 0.707 bits per heavy atom. The van der Waals surface area contributed by atoms with Crippen LogP contribution in [0, 0.1) is 0 Å². The summed E-state index contributed by atoms with van der Waals surface area (Å²) in [7, 11) is 0. The highest BCUT2D eigenvalue weighted by molar-refractivity contribution is 5.69. The van der Waals surface area contributed by atoms with Crippen LogP contribution in [-0.2, 0) is 33.2 Å². The van der Waals surface area contributed by atoms with Crippen molar-refractivity contribution < 1.29 is 69.0 Å². The van der Waals surface area contributed by atoms with E-state index in [1.807, 2.05) is 0 Å². The quantitative estimate of drug-likeness (QED) is 0.0223. The first-order valence-corrected chi connectivity index (χ1v) is 31.6. The molecule has 2 heterocycles. The first kappa shape index (κ1) is 70.1. The topological polar surface area (TPSA) is 214 Å². The second-order valence-electron chi connectivity index (χ2n) is 22.6. The lowest BCUT2D eigenvalue weighted by molar-refractivity contribution is -0.332. The van der Waals surface area contributed by atoms with E-state index in [1.54, 1.807) is 0 Å². The number of aliphatic hydroxyl groups is 7. The van der Waals surface area contributed by atoms with E-state index < -0.39 is 80.7 Å². The number of unbranched alkanes of at least 4 members (excludes halogenated alkanes) is 39. The highest BCUT2D eigenvalue weighted by Gasteiger charge is 2.47. The summed E-state index contributed by atoms with van der Waals surface area (Å²) in [6.45, 7) is 3.78. The number of rotatable bonds is 53. The molecule has 7 N–H and O–H groups in total. The summed E-state index contributed by atoms with van der Waals surface area (Å²) in [6.07, 6.45) is 37.4. The summed E-state index contributed by atoms with van der Waals surface area (Å²) >= 11 is 0. The van der Waals surface area contributed by atoms with Crippen LogP contribution >= 0.6 is 0 Å². The van der Waals surface area contributed by atoms with Crippen LogP contribution in [0.5, 0.6) is 0 Å². The molecule has 2 saturated heterocycles. The fourth-order valence-electron chi connectivity index (χ4n) is 10.5. The van der Waals surface area contributed by atoms with E-state index in [9.17, 15) is 40.5 Å². The first-order valence-electron chi connectivity index (χ1n) is 31.6. The normalized spacial score (nSPS) is 24.5. The molecule has 14 heteroatoms. The second kappa shape index (κ2) is 48.9. The molecule has 14 nitrogen and oxygen atoms in total. The molecule has 0 amide bonds. The van der Waals surface area contributed by atoms with Crippen LogP contribution in [0.1, 0.15) is 284 Å². The van der Waals surface area contributed by atoms with E-state index in [4.69, 9.17) is 28.4 Å². The monoisotopic (exact) mass is 1070 g/mol. The van der Waals surface area contributed by atoms with Crippen molar-refractivity contribution in [3.63, 3.8) is 0 Å². The molecule has 446 valence electrons. The minimum atomic E-state index is -1.70. The third-order valence-electron chi connectivity index (χ3n) is 15.6. The van der Waals surface area contributed by atoms with Gasteiger partial charge in [0.1, 0.15) is 54.9 Å². The van der Waals surface area contributed by atoms with Gasteiger partial charge in [-0.1, -0.05) is 264 Å². The Labute approximate surface area is 457 Å². The maximum atomic E-state index is 13.1. The van der Waals surface area contributed by atoms with Crippen LogP contribution in [0.15, 0.2) is 0 Å². The van der Waals surface area contributed by atoms with Crippen molar-refractivity contribution in [2.45, 2.75) is 351 Å². The number of aliphatic hydroxyl groups excluding tert-OH is 7. The van der Waals surface area contributed by atoms with Crippen LogP contribution in [0.3, 0.4) is 0 Å². The molecule has 0 saturated carbocycles. The average Bonchev–Trinajstić information content (AvgIpc) is 3.41. The molecule has 0 aromatic rings. The molecule has 0 radical (unpaired) electrons. The molecule has 0 aliphatic carbocycles. The fraction of sp³-hybridized carbons (Fsp3) is 0.984. The Bertz CT molecular complexity index is 1250. The Hall–Kier alpha value is -1.01. The van der Waals surface area contributed by atoms with Crippen molar-refractivity contribution in [3.8, 4) is 0 Å². The van der Waals surface area contributed by atoms with Crippen molar-refractivity contribution in [2.75, 3.05) is 33.0 Å². The van der Waals surface area contributed by atoms with E-state index in [-0.39, 0.29) is 25.6 Å². The highest BCUT2D eigenvalue weighted by Crippen LogP contribution is 2.27. The molecule has 11 unspecified atom stereocenters. The van der Waals surface area contributed by atoms with E-state index in [1.165, 1.54) is 218 Å². The van der Waals surface area contributed by atoms with Crippen LogP contribution < -0.4 is 0 Å². The second-order valence-corrected chi connectivity index (χ2v) is 22.6. The van der Waals surface area contributed by atoms with Gasteiger partial charge in [-0.2, -0.15) is 0 Å². The van der Waals surface area contributed by atoms with Crippen LogP contribution in [0.25, 0.3) is 0 Å². The lowest BCUT2D eigenvalue weighted by Crippen LogP contribution is -2.61. The fourth-order valence-corrected chi connectivity index (χ4v) is 10.5. The molecule has 0 spiro atoms. The largest absolute Gasteiger partial charge is 0.457 e. The Morgan fingerprint density at radius 3 is 1.08 bits per heavy atom. The molecule has 75 heavy (non-hydrogen) atoms. The molecule has 2 fully saturated rings. The zero-order valence-corrected chi connectivity index (χ0v) is 48.1. The van der Waals surface area contributed by atoms with Crippen molar-refractivity contribution in [2.24, 2.45) is 0 Å². The molecule has 0 aromatic heterocycles. The Kier molecular flexibility index (Phi) is 45.7. The molecule has 11 atom stereocenters. The van der Waals surface area contributed by atoms with Crippen molar-refractivity contribution in [1.29, 1.82) is 0 Å². The van der Waals surface area contributed by atoms with E-state index >= 15 is 0 Å².